The number of benzene rings is 1. The second kappa shape index (κ2) is 6.97. The number of morpholine rings is 1. The van der Waals surface area contributed by atoms with Crippen molar-refractivity contribution in [3.05, 3.63) is 50.1 Å². The molecule has 0 aliphatic carbocycles. The van der Waals surface area contributed by atoms with Crippen LogP contribution in [0.4, 0.5) is 5.69 Å². The number of rotatable bonds is 4. The fourth-order valence-corrected chi connectivity index (χ4v) is 3.22. The Hall–Kier alpha value is -2.12. The number of hydrogen-bond donors (Lipinski definition) is 2. The molecule has 3 rings (SSSR count). The van der Waals surface area contributed by atoms with Crippen molar-refractivity contribution in [1.82, 2.24) is 10.3 Å². The first-order chi connectivity index (χ1) is 11.1. The van der Waals surface area contributed by atoms with Crippen LogP contribution < -0.4 is 15.1 Å². The van der Waals surface area contributed by atoms with Crippen molar-refractivity contribution < 1.29 is 9.53 Å². The molecule has 1 amide bonds. The van der Waals surface area contributed by atoms with E-state index in [1.165, 1.54) is 0 Å². The van der Waals surface area contributed by atoms with Crippen molar-refractivity contribution >= 4 is 22.9 Å². The molecule has 122 valence electrons. The SMILES string of the molecule is Cc1cc(C(=O)NCc2csc(=O)[nH]2)ccc1N1CCOCC1. The van der Waals surface area contributed by atoms with E-state index in [4.69, 9.17) is 4.74 Å². The maximum Gasteiger partial charge on any atom is 0.304 e. The van der Waals surface area contributed by atoms with Gasteiger partial charge in [-0.05, 0) is 30.7 Å². The van der Waals surface area contributed by atoms with Gasteiger partial charge >= 0.3 is 4.87 Å². The van der Waals surface area contributed by atoms with Gasteiger partial charge in [-0.25, -0.2) is 0 Å². The number of aromatic amines is 1. The Morgan fingerprint density at radius 3 is 2.83 bits per heavy atom. The van der Waals surface area contributed by atoms with Crippen LogP contribution in [-0.2, 0) is 11.3 Å². The number of aromatic nitrogens is 1. The van der Waals surface area contributed by atoms with Gasteiger partial charge in [0.05, 0.1) is 19.8 Å². The van der Waals surface area contributed by atoms with Crippen molar-refractivity contribution in [2.45, 2.75) is 13.5 Å². The van der Waals surface area contributed by atoms with Gasteiger partial charge in [0.2, 0.25) is 0 Å². The number of amides is 1. The summed E-state index contributed by atoms with van der Waals surface area (Å²) in [5.74, 6) is -0.145. The quantitative estimate of drug-likeness (QED) is 0.889. The van der Waals surface area contributed by atoms with Gasteiger partial charge in [-0.2, -0.15) is 0 Å². The summed E-state index contributed by atoms with van der Waals surface area (Å²) in [7, 11) is 0. The highest BCUT2D eigenvalue weighted by atomic mass is 32.1. The zero-order valence-electron chi connectivity index (χ0n) is 12.9. The maximum absolute atomic E-state index is 12.2. The molecule has 1 aromatic carbocycles. The Morgan fingerprint density at radius 2 is 2.17 bits per heavy atom. The Labute approximate surface area is 138 Å². The van der Waals surface area contributed by atoms with E-state index in [-0.39, 0.29) is 10.8 Å². The number of thiazole rings is 1. The normalized spacial score (nSPS) is 14.7. The predicted molar refractivity (Wildman–Crippen MR) is 90.3 cm³/mol. The highest BCUT2D eigenvalue weighted by molar-refractivity contribution is 7.07. The number of nitrogens with zero attached hydrogens (tertiary/aromatic N) is 1. The molecular formula is C16H19N3O3S. The van der Waals surface area contributed by atoms with Gasteiger partial charge in [-0.15, -0.1) is 0 Å². The Kier molecular flexibility index (Phi) is 4.78. The van der Waals surface area contributed by atoms with E-state index in [1.54, 1.807) is 5.38 Å². The lowest BCUT2D eigenvalue weighted by molar-refractivity contribution is 0.0950. The van der Waals surface area contributed by atoms with E-state index in [2.05, 4.69) is 15.2 Å². The minimum Gasteiger partial charge on any atom is -0.378 e. The average molecular weight is 333 g/mol. The summed E-state index contributed by atoms with van der Waals surface area (Å²) in [5, 5.41) is 4.54. The van der Waals surface area contributed by atoms with E-state index < -0.39 is 0 Å². The maximum atomic E-state index is 12.2. The Morgan fingerprint density at radius 1 is 1.39 bits per heavy atom. The van der Waals surface area contributed by atoms with Crippen molar-refractivity contribution in [2.24, 2.45) is 0 Å². The summed E-state index contributed by atoms with van der Waals surface area (Å²) in [6.45, 7) is 5.55. The Balaban J connectivity index is 1.66. The van der Waals surface area contributed by atoms with Gasteiger partial charge in [0, 0.05) is 35.4 Å². The molecule has 1 aliphatic heterocycles. The molecule has 1 fully saturated rings. The average Bonchev–Trinajstić information content (AvgIpc) is 2.99. The van der Waals surface area contributed by atoms with Crippen LogP contribution in [0.3, 0.4) is 0 Å². The van der Waals surface area contributed by atoms with Crippen LogP contribution in [0, 0.1) is 6.92 Å². The molecule has 2 N–H and O–H groups in total. The molecule has 1 saturated heterocycles. The summed E-state index contributed by atoms with van der Waals surface area (Å²) in [4.78, 5) is 28.1. The lowest BCUT2D eigenvalue weighted by Gasteiger charge is -2.30. The third-order valence-electron chi connectivity index (χ3n) is 3.82. The number of carbonyl (C=O) groups is 1. The van der Waals surface area contributed by atoms with Crippen LogP contribution in [0.15, 0.2) is 28.4 Å². The standard InChI is InChI=1S/C16H19N3O3S/c1-11-8-12(2-3-14(11)19-4-6-22-7-5-19)15(20)17-9-13-10-23-16(21)18-13/h2-3,8,10H,4-7,9H2,1H3,(H,17,20)(H,18,21). The minimum absolute atomic E-state index is 0.111. The van der Waals surface area contributed by atoms with E-state index in [1.807, 2.05) is 25.1 Å². The minimum atomic E-state index is -0.145. The molecule has 1 aliphatic rings. The first-order valence-corrected chi connectivity index (χ1v) is 8.39. The first-order valence-electron chi connectivity index (χ1n) is 7.52. The number of anilines is 1. The summed E-state index contributed by atoms with van der Waals surface area (Å²) >= 11 is 1.09. The summed E-state index contributed by atoms with van der Waals surface area (Å²) in [5.41, 5.74) is 3.56. The van der Waals surface area contributed by atoms with Crippen molar-refractivity contribution in [3.8, 4) is 0 Å². The highest BCUT2D eigenvalue weighted by Crippen LogP contribution is 2.22. The topological polar surface area (TPSA) is 74.4 Å². The molecule has 0 spiro atoms. The largest absolute Gasteiger partial charge is 0.378 e. The zero-order chi connectivity index (χ0) is 16.2. The predicted octanol–water partition coefficient (Wildman–Crippen LogP) is 1.51. The van der Waals surface area contributed by atoms with Crippen molar-refractivity contribution in [2.75, 3.05) is 31.2 Å². The molecule has 0 atom stereocenters. The molecular weight excluding hydrogens is 314 g/mol. The molecule has 7 heteroatoms. The monoisotopic (exact) mass is 333 g/mol. The fourth-order valence-electron chi connectivity index (χ4n) is 2.63. The van der Waals surface area contributed by atoms with E-state index in [0.29, 0.717) is 12.1 Å². The fraction of sp³-hybridized carbons (Fsp3) is 0.375. The molecule has 0 unspecified atom stereocenters. The smallest absolute Gasteiger partial charge is 0.304 e. The molecule has 0 radical (unpaired) electrons. The number of hydrogen-bond acceptors (Lipinski definition) is 5. The lowest BCUT2D eigenvalue weighted by Crippen LogP contribution is -2.36. The second-order valence-electron chi connectivity index (χ2n) is 5.46. The summed E-state index contributed by atoms with van der Waals surface area (Å²) in [6.07, 6.45) is 0. The van der Waals surface area contributed by atoms with Gasteiger partial charge in [0.15, 0.2) is 0 Å². The van der Waals surface area contributed by atoms with Gasteiger partial charge in [-0.1, -0.05) is 11.3 Å². The van der Waals surface area contributed by atoms with E-state index >= 15 is 0 Å². The van der Waals surface area contributed by atoms with E-state index in [0.717, 1.165) is 54.6 Å². The van der Waals surface area contributed by atoms with Gasteiger partial charge in [0.1, 0.15) is 0 Å². The highest BCUT2D eigenvalue weighted by Gasteiger charge is 2.15. The molecule has 2 heterocycles. The Bertz CT molecular complexity index is 747. The van der Waals surface area contributed by atoms with Gasteiger partial charge < -0.3 is 19.9 Å². The molecule has 23 heavy (non-hydrogen) atoms. The van der Waals surface area contributed by atoms with E-state index in [9.17, 15) is 9.59 Å². The molecule has 1 aromatic heterocycles. The third kappa shape index (κ3) is 3.80. The molecule has 2 aromatic rings. The van der Waals surface area contributed by atoms with Crippen LogP contribution in [0.5, 0.6) is 0 Å². The molecule has 0 saturated carbocycles. The van der Waals surface area contributed by atoms with Crippen LogP contribution in [-0.4, -0.2) is 37.2 Å². The number of nitrogens with one attached hydrogen (secondary N) is 2. The van der Waals surface area contributed by atoms with Gasteiger partial charge in [-0.3, -0.25) is 9.59 Å². The number of aryl methyl sites for hydroxylation is 1. The van der Waals surface area contributed by atoms with Crippen LogP contribution in [0.1, 0.15) is 21.6 Å². The van der Waals surface area contributed by atoms with Crippen LogP contribution in [0.2, 0.25) is 0 Å². The number of carbonyl (C=O) groups excluding carboxylic acids is 1. The lowest BCUT2D eigenvalue weighted by atomic mass is 10.1. The second-order valence-corrected chi connectivity index (χ2v) is 6.30. The third-order valence-corrected chi connectivity index (χ3v) is 4.54. The van der Waals surface area contributed by atoms with Crippen molar-refractivity contribution in [1.29, 1.82) is 0 Å². The van der Waals surface area contributed by atoms with Crippen LogP contribution in [0.25, 0.3) is 0 Å². The number of H-pyrrole nitrogens is 1. The summed E-state index contributed by atoms with van der Waals surface area (Å²) < 4.78 is 5.37. The molecule has 6 nitrogen and oxygen atoms in total. The van der Waals surface area contributed by atoms with Crippen LogP contribution >= 0.6 is 11.3 Å². The van der Waals surface area contributed by atoms with Crippen molar-refractivity contribution in [3.63, 3.8) is 0 Å². The number of ether oxygens (including phenoxy) is 1. The van der Waals surface area contributed by atoms with Gasteiger partial charge in [0.25, 0.3) is 5.91 Å². The zero-order valence-corrected chi connectivity index (χ0v) is 13.7. The summed E-state index contributed by atoms with van der Waals surface area (Å²) in [6, 6.07) is 5.72. The first kappa shape index (κ1) is 15.8. The molecule has 0 bridgehead atoms.